The molecule has 0 aromatic carbocycles. The third-order valence-corrected chi connectivity index (χ3v) is 3.96. The van der Waals surface area contributed by atoms with Gasteiger partial charge < -0.3 is 5.73 Å². The van der Waals surface area contributed by atoms with Crippen LogP contribution < -0.4 is 5.73 Å². The Morgan fingerprint density at radius 2 is 2.35 bits per heavy atom. The second kappa shape index (κ2) is 6.52. The first-order valence-electron chi connectivity index (χ1n) is 6.99. The van der Waals surface area contributed by atoms with E-state index in [0.717, 1.165) is 31.1 Å². The first-order valence-corrected chi connectivity index (χ1v) is 6.99. The molecule has 6 heteroatoms. The van der Waals surface area contributed by atoms with E-state index in [2.05, 4.69) is 28.0 Å². The summed E-state index contributed by atoms with van der Waals surface area (Å²) in [7, 11) is 0. The number of hydrogen-bond acceptors (Lipinski definition) is 4. The van der Waals surface area contributed by atoms with Crippen molar-refractivity contribution in [3.05, 3.63) is 30.4 Å². The van der Waals surface area contributed by atoms with Crippen molar-refractivity contribution in [2.45, 2.75) is 32.4 Å². The lowest BCUT2D eigenvalue weighted by atomic mass is 9.92. The van der Waals surface area contributed by atoms with Crippen LogP contribution in [0.2, 0.25) is 0 Å². The van der Waals surface area contributed by atoms with Crippen LogP contribution in [0.3, 0.4) is 0 Å². The van der Waals surface area contributed by atoms with E-state index < -0.39 is 0 Å². The van der Waals surface area contributed by atoms with Crippen LogP contribution in [0.5, 0.6) is 0 Å². The molecule has 1 aliphatic rings. The average Bonchev–Trinajstić information content (AvgIpc) is 2.81. The number of nitrogens with zero attached hydrogens (tertiary/aromatic N) is 4. The largest absolute Gasteiger partial charge is 0.328 e. The first kappa shape index (κ1) is 15.2. The number of fused-ring (bicyclic) bond motifs is 1. The van der Waals surface area contributed by atoms with E-state index in [4.69, 9.17) is 5.73 Å². The summed E-state index contributed by atoms with van der Waals surface area (Å²) in [6.45, 7) is 5.24. The maximum absolute atomic E-state index is 6.03. The molecule has 2 atom stereocenters. The smallest absolute Gasteiger partial charge is 0.233 e. The number of aromatic nitrogens is 3. The van der Waals surface area contributed by atoms with Gasteiger partial charge in [0.25, 0.3) is 0 Å². The molecule has 20 heavy (non-hydrogen) atoms. The van der Waals surface area contributed by atoms with E-state index >= 15 is 0 Å². The van der Waals surface area contributed by atoms with E-state index in [1.54, 1.807) is 6.20 Å². The maximum Gasteiger partial charge on any atom is 0.233 e. The summed E-state index contributed by atoms with van der Waals surface area (Å²) in [6, 6.07) is 2.21. The van der Waals surface area contributed by atoms with Gasteiger partial charge in [-0.15, -0.1) is 12.4 Å². The van der Waals surface area contributed by atoms with Gasteiger partial charge in [0.2, 0.25) is 5.78 Å². The molecular formula is C14H22ClN5. The minimum Gasteiger partial charge on any atom is -0.328 e. The monoisotopic (exact) mass is 295 g/mol. The molecule has 0 saturated carbocycles. The van der Waals surface area contributed by atoms with Crippen molar-refractivity contribution >= 4 is 18.2 Å². The van der Waals surface area contributed by atoms with Gasteiger partial charge >= 0.3 is 0 Å². The minimum absolute atomic E-state index is 0. The van der Waals surface area contributed by atoms with Gasteiger partial charge in [0.15, 0.2) is 0 Å². The number of imidazole rings is 1. The van der Waals surface area contributed by atoms with E-state index in [9.17, 15) is 0 Å². The summed E-state index contributed by atoms with van der Waals surface area (Å²) in [6.07, 6.45) is 8.31. The Balaban J connectivity index is 0.00000147. The van der Waals surface area contributed by atoms with Gasteiger partial charge in [-0.25, -0.2) is 9.97 Å². The molecule has 0 spiro atoms. The summed E-state index contributed by atoms with van der Waals surface area (Å²) >= 11 is 0. The third kappa shape index (κ3) is 3.29. The number of nitrogens with two attached hydrogens (primary N) is 1. The Bertz CT molecular complexity index is 520. The molecule has 0 bridgehead atoms. The summed E-state index contributed by atoms with van der Waals surface area (Å²) in [5, 5.41) is 0. The van der Waals surface area contributed by atoms with Crippen molar-refractivity contribution in [3.63, 3.8) is 0 Å². The predicted octanol–water partition coefficient (Wildman–Crippen LogP) is 1.71. The SMILES string of the molecule is CC(N)C1CCCN(Cc2cn3cccnc3n2)C1.Cl. The molecule has 1 saturated heterocycles. The van der Waals surface area contributed by atoms with Crippen LogP contribution in [0.4, 0.5) is 0 Å². The van der Waals surface area contributed by atoms with Crippen LogP contribution in [0.15, 0.2) is 24.7 Å². The molecule has 0 aliphatic carbocycles. The highest BCUT2D eigenvalue weighted by atomic mass is 35.5. The van der Waals surface area contributed by atoms with Gasteiger partial charge in [-0.3, -0.25) is 9.30 Å². The zero-order valence-electron chi connectivity index (χ0n) is 11.8. The van der Waals surface area contributed by atoms with Crippen LogP contribution in [0.25, 0.3) is 5.78 Å². The highest BCUT2D eigenvalue weighted by molar-refractivity contribution is 5.85. The van der Waals surface area contributed by atoms with Crippen LogP contribution in [0, 0.1) is 5.92 Å². The van der Waals surface area contributed by atoms with Crippen molar-refractivity contribution in [2.75, 3.05) is 13.1 Å². The molecule has 1 fully saturated rings. The molecule has 3 rings (SSSR count). The highest BCUT2D eigenvalue weighted by Gasteiger charge is 2.23. The first-order chi connectivity index (χ1) is 9.22. The number of rotatable bonds is 3. The molecule has 2 unspecified atom stereocenters. The molecule has 3 heterocycles. The fourth-order valence-electron chi connectivity index (χ4n) is 2.85. The fourth-order valence-corrected chi connectivity index (χ4v) is 2.85. The van der Waals surface area contributed by atoms with E-state index in [1.165, 1.54) is 12.8 Å². The van der Waals surface area contributed by atoms with E-state index in [-0.39, 0.29) is 18.4 Å². The molecule has 2 aromatic rings. The summed E-state index contributed by atoms with van der Waals surface area (Å²) < 4.78 is 1.97. The van der Waals surface area contributed by atoms with Gasteiger partial charge in [0.1, 0.15) is 0 Å². The van der Waals surface area contributed by atoms with Gasteiger partial charge in [-0.1, -0.05) is 0 Å². The van der Waals surface area contributed by atoms with Crippen LogP contribution >= 0.6 is 12.4 Å². The maximum atomic E-state index is 6.03. The topological polar surface area (TPSA) is 59.5 Å². The van der Waals surface area contributed by atoms with Crippen LogP contribution in [-0.2, 0) is 6.54 Å². The number of halogens is 1. The molecule has 1 aliphatic heterocycles. The van der Waals surface area contributed by atoms with Gasteiger partial charge in [0.05, 0.1) is 5.69 Å². The lowest BCUT2D eigenvalue weighted by molar-refractivity contribution is 0.153. The normalized spacial score (nSPS) is 21.6. The number of likely N-dealkylation sites (tertiary alicyclic amines) is 1. The molecule has 2 N–H and O–H groups in total. The number of piperidine rings is 1. The minimum atomic E-state index is 0. The second-order valence-corrected chi connectivity index (χ2v) is 5.56. The molecule has 2 aromatic heterocycles. The Kier molecular flexibility index (Phi) is 4.96. The Morgan fingerprint density at radius 3 is 3.10 bits per heavy atom. The van der Waals surface area contributed by atoms with Crippen molar-refractivity contribution in [3.8, 4) is 0 Å². The van der Waals surface area contributed by atoms with E-state index in [0.29, 0.717) is 5.92 Å². The third-order valence-electron chi connectivity index (χ3n) is 3.96. The summed E-state index contributed by atoms with van der Waals surface area (Å²) in [5.74, 6) is 1.39. The summed E-state index contributed by atoms with van der Waals surface area (Å²) in [5.41, 5.74) is 7.11. The van der Waals surface area contributed by atoms with Crippen molar-refractivity contribution < 1.29 is 0 Å². The Hall–Kier alpha value is -1.17. The summed E-state index contributed by atoms with van der Waals surface area (Å²) in [4.78, 5) is 11.3. The standard InChI is InChI=1S/C14H21N5.ClH/c1-11(15)12-4-2-6-18(8-12)9-13-10-19-7-3-5-16-14(19)17-13;/h3,5,7,10-12H,2,4,6,8-9,15H2,1H3;1H. The lowest BCUT2D eigenvalue weighted by Crippen LogP contribution is -2.41. The Labute approximate surface area is 125 Å². The molecule has 0 amide bonds. The van der Waals surface area contributed by atoms with Gasteiger partial charge in [-0.2, -0.15) is 0 Å². The second-order valence-electron chi connectivity index (χ2n) is 5.56. The van der Waals surface area contributed by atoms with Gasteiger partial charge in [-0.05, 0) is 38.3 Å². The highest BCUT2D eigenvalue weighted by Crippen LogP contribution is 2.20. The van der Waals surface area contributed by atoms with Crippen LogP contribution in [0.1, 0.15) is 25.5 Å². The zero-order chi connectivity index (χ0) is 13.2. The molecule has 110 valence electrons. The van der Waals surface area contributed by atoms with Crippen molar-refractivity contribution in [1.82, 2.24) is 19.3 Å². The quantitative estimate of drug-likeness (QED) is 0.936. The molecule has 5 nitrogen and oxygen atoms in total. The molecular weight excluding hydrogens is 274 g/mol. The zero-order valence-corrected chi connectivity index (χ0v) is 12.6. The van der Waals surface area contributed by atoms with Crippen molar-refractivity contribution in [1.29, 1.82) is 0 Å². The van der Waals surface area contributed by atoms with E-state index in [1.807, 2.05) is 16.7 Å². The fraction of sp³-hybridized carbons (Fsp3) is 0.571. The Morgan fingerprint density at radius 1 is 1.50 bits per heavy atom. The van der Waals surface area contributed by atoms with Gasteiger partial charge in [0, 0.05) is 37.7 Å². The average molecular weight is 296 g/mol. The number of hydrogen-bond donors (Lipinski definition) is 1. The van der Waals surface area contributed by atoms with Crippen molar-refractivity contribution in [2.24, 2.45) is 11.7 Å². The van der Waals surface area contributed by atoms with Crippen LogP contribution in [-0.4, -0.2) is 38.4 Å². The predicted molar refractivity (Wildman–Crippen MR) is 81.9 cm³/mol. The molecule has 0 radical (unpaired) electrons. The lowest BCUT2D eigenvalue weighted by Gasteiger charge is -2.34.